The van der Waals surface area contributed by atoms with Crippen LogP contribution in [0, 0.1) is 5.92 Å². The second-order valence-electron chi connectivity index (χ2n) is 4.43. The van der Waals surface area contributed by atoms with Crippen molar-refractivity contribution in [2.45, 2.75) is 37.9 Å². The second kappa shape index (κ2) is 5.03. The van der Waals surface area contributed by atoms with Crippen LogP contribution in [0.3, 0.4) is 0 Å². The average molecular weight is 238 g/mol. The SMILES string of the molecule is CN(CC(F)(F)F)C(=O)C1CCCC(N)C1. The summed E-state index contributed by atoms with van der Waals surface area (Å²) in [5.74, 6) is -0.774. The van der Waals surface area contributed by atoms with Crippen molar-refractivity contribution in [3.8, 4) is 0 Å². The summed E-state index contributed by atoms with van der Waals surface area (Å²) in [6.45, 7) is -1.18. The number of amides is 1. The van der Waals surface area contributed by atoms with Gasteiger partial charge < -0.3 is 10.6 Å². The van der Waals surface area contributed by atoms with E-state index in [1.807, 2.05) is 0 Å². The molecule has 1 amide bonds. The number of carbonyl (C=O) groups excluding carboxylic acids is 1. The average Bonchev–Trinajstić information content (AvgIpc) is 2.14. The van der Waals surface area contributed by atoms with Gasteiger partial charge in [0, 0.05) is 19.0 Å². The Balaban J connectivity index is 2.49. The third-order valence-corrected chi connectivity index (χ3v) is 2.86. The Labute approximate surface area is 92.8 Å². The molecule has 16 heavy (non-hydrogen) atoms. The molecule has 0 aliphatic heterocycles. The number of hydrogen-bond donors (Lipinski definition) is 1. The highest BCUT2D eigenvalue weighted by Crippen LogP contribution is 2.25. The first-order valence-corrected chi connectivity index (χ1v) is 5.37. The number of nitrogens with two attached hydrogens (primary N) is 1. The van der Waals surface area contributed by atoms with Gasteiger partial charge in [0.25, 0.3) is 0 Å². The van der Waals surface area contributed by atoms with E-state index in [2.05, 4.69) is 0 Å². The van der Waals surface area contributed by atoms with Crippen LogP contribution in [0.15, 0.2) is 0 Å². The number of alkyl halides is 3. The van der Waals surface area contributed by atoms with Crippen molar-refractivity contribution < 1.29 is 18.0 Å². The third-order valence-electron chi connectivity index (χ3n) is 2.86. The van der Waals surface area contributed by atoms with Gasteiger partial charge in [-0.3, -0.25) is 4.79 Å². The molecular formula is C10H17F3N2O. The molecule has 2 atom stereocenters. The molecule has 0 saturated heterocycles. The van der Waals surface area contributed by atoms with E-state index in [1.54, 1.807) is 0 Å². The van der Waals surface area contributed by atoms with Crippen molar-refractivity contribution in [1.82, 2.24) is 4.90 Å². The van der Waals surface area contributed by atoms with Gasteiger partial charge in [0.05, 0.1) is 0 Å². The van der Waals surface area contributed by atoms with Gasteiger partial charge in [-0.25, -0.2) is 0 Å². The molecule has 2 unspecified atom stereocenters. The number of nitrogens with zero attached hydrogens (tertiary/aromatic N) is 1. The Hall–Kier alpha value is -0.780. The lowest BCUT2D eigenvalue weighted by molar-refractivity contribution is -0.161. The number of hydrogen-bond acceptors (Lipinski definition) is 2. The molecule has 0 spiro atoms. The molecule has 0 bridgehead atoms. The standard InChI is InChI=1S/C10H17F3N2O/c1-15(6-10(11,12)13)9(16)7-3-2-4-8(14)5-7/h7-8H,2-6,14H2,1H3. The Kier molecular flexibility index (Phi) is 4.18. The van der Waals surface area contributed by atoms with Crippen molar-refractivity contribution in [2.24, 2.45) is 11.7 Å². The molecule has 0 aromatic rings. The van der Waals surface area contributed by atoms with Crippen molar-refractivity contribution >= 4 is 5.91 Å². The van der Waals surface area contributed by atoms with Crippen LogP contribution >= 0.6 is 0 Å². The zero-order valence-electron chi connectivity index (χ0n) is 9.26. The van der Waals surface area contributed by atoms with E-state index < -0.39 is 18.6 Å². The van der Waals surface area contributed by atoms with E-state index in [1.165, 1.54) is 7.05 Å². The molecule has 94 valence electrons. The summed E-state index contributed by atoms with van der Waals surface area (Å²) in [5.41, 5.74) is 5.70. The second-order valence-corrected chi connectivity index (χ2v) is 4.43. The van der Waals surface area contributed by atoms with Crippen molar-refractivity contribution in [3.05, 3.63) is 0 Å². The minimum absolute atomic E-state index is 0.0537. The summed E-state index contributed by atoms with van der Waals surface area (Å²) >= 11 is 0. The monoisotopic (exact) mass is 238 g/mol. The van der Waals surface area contributed by atoms with Crippen LogP contribution in [0.2, 0.25) is 0 Å². The van der Waals surface area contributed by atoms with Gasteiger partial charge in [-0.2, -0.15) is 13.2 Å². The molecule has 1 aliphatic carbocycles. The molecule has 0 aromatic heterocycles. The van der Waals surface area contributed by atoms with E-state index in [4.69, 9.17) is 5.73 Å². The maximum Gasteiger partial charge on any atom is 0.406 e. The maximum atomic E-state index is 12.1. The van der Waals surface area contributed by atoms with Crippen LogP contribution in [0.5, 0.6) is 0 Å². The summed E-state index contributed by atoms with van der Waals surface area (Å²) in [5, 5.41) is 0. The van der Waals surface area contributed by atoms with Gasteiger partial charge >= 0.3 is 6.18 Å². The van der Waals surface area contributed by atoms with Gasteiger partial charge in [-0.15, -0.1) is 0 Å². The predicted molar refractivity (Wildman–Crippen MR) is 53.6 cm³/mol. The molecule has 0 aromatic carbocycles. The molecule has 2 N–H and O–H groups in total. The van der Waals surface area contributed by atoms with E-state index in [-0.39, 0.29) is 12.0 Å². The first-order valence-electron chi connectivity index (χ1n) is 5.37. The summed E-state index contributed by atoms with van der Waals surface area (Å²) < 4.78 is 36.3. The summed E-state index contributed by atoms with van der Waals surface area (Å²) in [6.07, 6.45) is -1.51. The Bertz CT molecular complexity index is 255. The molecule has 1 aliphatic rings. The molecule has 1 rings (SSSR count). The normalized spacial score (nSPS) is 26.6. The maximum absolute atomic E-state index is 12.1. The zero-order valence-corrected chi connectivity index (χ0v) is 9.26. The van der Waals surface area contributed by atoms with Crippen molar-refractivity contribution in [1.29, 1.82) is 0 Å². The summed E-state index contributed by atoms with van der Waals surface area (Å²) in [4.78, 5) is 12.4. The van der Waals surface area contributed by atoms with Gasteiger partial charge in [-0.1, -0.05) is 6.42 Å². The van der Waals surface area contributed by atoms with Crippen molar-refractivity contribution in [2.75, 3.05) is 13.6 Å². The first-order chi connectivity index (χ1) is 7.29. The minimum atomic E-state index is -4.33. The van der Waals surface area contributed by atoms with Gasteiger partial charge in [0.15, 0.2) is 0 Å². The fourth-order valence-electron chi connectivity index (χ4n) is 2.11. The topological polar surface area (TPSA) is 46.3 Å². The van der Waals surface area contributed by atoms with Crippen LogP contribution < -0.4 is 5.73 Å². The molecule has 1 saturated carbocycles. The smallest absolute Gasteiger partial charge is 0.336 e. The zero-order chi connectivity index (χ0) is 12.3. The largest absolute Gasteiger partial charge is 0.406 e. The Morgan fingerprint density at radius 1 is 1.44 bits per heavy atom. The number of carbonyl (C=O) groups is 1. The fraction of sp³-hybridized carbons (Fsp3) is 0.900. The first kappa shape index (κ1) is 13.3. The molecule has 0 heterocycles. The minimum Gasteiger partial charge on any atom is -0.336 e. The highest BCUT2D eigenvalue weighted by Gasteiger charge is 2.34. The third kappa shape index (κ3) is 4.00. The lowest BCUT2D eigenvalue weighted by atomic mass is 9.85. The highest BCUT2D eigenvalue weighted by atomic mass is 19.4. The number of rotatable bonds is 2. The van der Waals surface area contributed by atoms with E-state index >= 15 is 0 Å². The Morgan fingerprint density at radius 3 is 2.56 bits per heavy atom. The quantitative estimate of drug-likeness (QED) is 0.793. The van der Waals surface area contributed by atoms with Crippen LogP contribution in [-0.2, 0) is 4.79 Å². The predicted octanol–water partition coefficient (Wildman–Crippen LogP) is 1.52. The van der Waals surface area contributed by atoms with Crippen LogP contribution in [-0.4, -0.2) is 36.6 Å². The summed E-state index contributed by atoms with van der Waals surface area (Å²) in [6, 6.07) is -0.0537. The highest BCUT2D eigenvalue weighted by molar-refractivity contribution is 5.78. The van der Waals surface area contributed by atoms with Gasteiger partial charge in [0.1, 0.15) is 6.54 Å². The molecule has 3 nitrogen and oxygen atoms in total. The Morgan fingerprint density at radius 2 is 2.06 bits per heavy atom. The molecule has 0 radical (unpaired) electrons. The van der Waals surface area contributed by atoms with E-state index in [0.717, 1.165) is 17.7 Å². The molecule has 1 fully saturated rings. The lowest BCUT2D eigenvalue weighted by Gasteiger charge is -2.29. The van der Waals surface area contributed by atoms with E-state index in [0.29, 0.717) is 12.8 Å². The van der Waals surface area contributed by atoms with Crippen LogP contribution in [0.25, 0.3) is 0 Å². The van der Waals surface area contributed by atoms with E-state index in [9.17, 15) is 18.0 Å². The molecular weight excluding hydrogens is 221 g/mol. The fourth-order valence-corrected chi connectivity index (χ4v) is 2.11. The lowest BCUT2D eigenvalue weighted by Crippen LogP contribution is -2.42. The summed E-state index contributed by atoms with van der Waals surface area (Å²) in [7, 11) is 1.19. The van der Waals surface area contributed by atoms with Crippen molar-refractivity contribution in [3.63, 3.8) is 0 Å². The van der Waals surface area contributed by atoms with Crippen LogP contribution in [0.1, 0.15) is 25.7 Å². The van der Waals surface area contributed by atoms with Crippen LogP contribution in [0.4, 0.5) is 13.2 Å². The van der Waals surface area contributed by atoms with Gasteiger partial charge in [0.2, 0.25) is 5.91 Å². The number of halogens is 3. The van der Waals surface area contributed by atoms with Gasteiger partial charge in [-0.05, 0) is 19.3 Å². The molecule has 6 heteroatoms.